The smallest absolute Gasteiger partial charge is 0.258 e. The van der Waals surface area contributed by atoms with Gasteiger partial charge in [0.15, 0.2) is 6.17 Å². The van der Waals surface area contributed by atoms with E-state index >= 15 is 0 Å². The molecule has 3 nitrogen and oxygen atoms in total. The molecule has 33 heavy (non-hydrogen) atoms. The van der Waals surface area contributed by atoms with Gasteiger partial charge >= 0.3 is 0 Å². The standard InChI is InChI=1S/C29H35N2O.BrH/c1-2-3-18-30(29(32)27-15-9-13-25-12-7-8-14-26(25)27)28-21-23-16-19-31(28,20-17-23)22-24-10-5-4-6-11-24;/h4-15,23,28H,2-3,16-22H2,1H3;1H/q+1;. The van der Waals surface area contributed by atoms with Crippen molar-refractivity contribution in [2.24, 2.45) is 5.92 Å². The molecule has 3 saturated heterocycles. The molecule has 0 saturated carbocycles. The van der Waals surface area contributed by atoms with Gasteiger partial charge in [0.25, 0.3) is 5.91 Å². The summed E-state index contributed by atoms with van der Waals surface area (Å²) < 4.78 is 1.04. The van der Waals surface area contributed by atoms with Crippen molar-refractivity contribution in [3.63, 3.8) is 0 Å². The Morgan fingerprint density at radius 1 is 0.939 bits per heavy atom. The first kappa shape index (κ1) is 24.0. The minimum Gasteiger partial charge on any atom is -0.300 e. The van der Waals surface area contributed by atoms with Gasteiger partial charge in [-0.3, -0.25) is 9.69 Å². The van der Waals surface area contributed by atoms with Crippen molar-refractivity contribution in [1.29, 1.82) is 0 Å². The quantitative estimate of drug-likeness (QED) is 0.321. The predicted octanol–water partition coefficient (Wildman–Crippen LogP) is 6.82. The third kappa shape index (κ3) is 4.74. The SMILES string of the molecule is Br.CCCCN(C(=O)c1cccc2ccccc12)C1CC2CC[N+]1(Cc1ccccc1)CC2. The molecule has 174 valence electrons. The lowest BCUT2D eigenvalue weighted by Crippen LogP contribution is -2.69. The van der Waals surface area contributed by atoms with Crippen LogP contribution in [0.25, 0.3) is 10.8 Å². The minimum atomic E-state index is 0. The molecule has 2 bridgehead atoms. The van der Waals surface area contributed by atoms with Crippen LogP contribution in [0.2, 0.25) is 0 Å². The summed E-state index contributed by atoms with van der Waals surface area (Å²) in [5, 5.41) is 2.22. The number of nitrogens with zero attached hydrogens (tertiary/aromatic N) is 2. The zero-order chi connectivity index (χ0) is 22.0. The lowest BCUT2D eigenvalue weighted by molar-refractivity contribution is -0.987. The Bertz CT molecular complexity index is 1070. The molecule has 1 amide bonds. The predicted molar refractivity (Wildman–Crippen MR) is 141 cm³/mol. The monoisotopic (exact) mass is 507 g/mol. The maximum atomic E-state index is 14.2. The molecule has 3 heterocycles. The third-order valence-electron chi connectivity index (χ3n) is 7.88. The highest BCUT2D eigenvalue weighted by molar-refractivity contribution is 8.93. The largest absolute Gasteiger partial charge is 0.300 e. The van der Waals surface area contributed by atoms with E-state index in [1.54, 1.807) is 0 Å². The van der Waals surface area contributed by atoms with Crippen LogP contribution in [0, 0.1) is 5.92 Å². The van der Waals surface area contributed by atoms with E-state index in [4.69, 9.17) is 0 Å². The number of halogens is 1. The molecule has 1 unspecified atom stereocenters. The first-order chi connectivity index (χ1) is 15.7. The van der Waals surface area contributed by atoms with Gasteiger partial charge in [-0.1, -0.05) is 80.1 Å². The Morgan fingerprint density at radius 2 is 1.64 bits per heavy atom. The van der Waals surface area contributed by atoms with Crippen LogP contribution in [0.5, 0.6) is 0 Å². The number of benzene rings is 3. The van der Waals surface area contributed by atoms with Crippen LogP contribution in [-0.4, -0.2) is 41.1 Å². The van der Waals surface area contributed by atoms with E-state index < -0.39 is 0 Å². The van der Waals surface area contributed by atoms with E-state index in [1.807, 2.05) is 18.2 Å². The van der Waals surface area contributed by atoms with Crippen molar-refractivity contribution >= 4 is 33.7 Å². The second-order valence-corrected chi connectivity index (χ2v) is 9.85. The van der Waals surface area contributed by atoms with E-state index in [9.17, 15) is 4.79 Å². The summed E-state index contributed by atoms with van der Waals surface area (Å²) in [5.41, 5.74) is 2.26. The Balaban J connectivity index is 0.00000259. The number of carbonyl (C=O) groups excluding carboxylic acids is 1. The fourth-order valence-corrected chi connectivity index (χ4v) is 6.11. The minimum absolute atomic E-state index is 0. The lowest BCUT2D eigenvalue weighted by Gasteiger charge is -2.57. The fourth-order valence-electron chi connectivity index (χ4n) is 6.11. The molecule has 3 aromatic rings. The number of rotatable bonds is 7. The summed E-state index contributed by atoms with van der Waals surface area (Å²) in [4.78, 5) is 16.4. The van der Waals surface area contributed by atoms with Gasteiger partial charge in [-0.2, -0.15) is 0 Å². The second kappa shape index (κ2) is 10.4. The Hall–Kier alpha value is -2.17. The highest BCUT2D eigenvalue weighted by atomic mass is 79.9. The molecule has 3 fully saturated rings. The first-order valence-electron chi connectivity index (χ1n) is 12.4. The molecule has 6 rings (SSSR count). The zero-order valence-electron chi connectivity index (χ0n) is 19.7. The van der Waals surface area contributed by atoms with Crippen LogP contribution >= 0.6 is 17.0 Å². The molecular formula is C29H36BrN2O+. The average Bonchev–Trinajstić information content (AvgIpc) is 2.85. The zero-order valence-corrected chi connectivity index (χ0v) is 21.4. The average molecular weight is 509 g/mol. The van der Waals surface area contributed by atoms with E-state index in [0.29, 0.717) is 0 Å². The van der Waals surface area contributed by atoms with Gasteiger partial charge in [-0.15, -0.1) is 17.0 Å². The van der Waals surface area contributed by atoms with Gasteiger partial charge in [-0.05, 0) is 42.0 Å². The van der Waals surface area contributed by atoms with Crippen molar-refractivity contribution < 1.29 is 9.28 Å². The Morgan fingerprint density at radius 3 is 2.39 bits per heavy atom. The van der Waals surface area contributed by atoms with Crippen molar-refractivity contribution in [2.45, 2.75) is 51.7 Å². The number of unbranched alkanes of at least 4 members (excludes halogenated alkanes) is 1. The molecule has 1 atom stereocenters. The highest BCUT2D eigenvalue weighted by Gasteiger charge is 2.51. The van der Waals surface area contributed by atoms with Crippen molar-refractivity contribution in [2.75, 3.05) is 19.6 Å². The van der Waals surface area contributed by atoms with E-state index in [1.165, 1.54) is 31.5 Å². The summed E-state index contributed by atoms with van der Waals surface area (Å²) in [6.45, 7) is 6.49. The van der Waals surface area contributed by atoms with E-state index in [2.05, 4.69) is 66.4 Å². The summed E-state index contributed by atoms with van der Waals surface area (Å²) in [6, 6.07) is 25.4. The van der Waals surface area contributed by atoms with Crippen molar-refractivity contribution in [3.05, 3.63) is 83.9 Å². The normalized spacial score (nSPS) is 23.8. The van der Waals surface area contributed by atoms with Gasteiger partial charge in [0.2, 0.25) is 0 Å². The van der Waals surface area contributed by atoms with E-state index in [0.717, 1.165) is 59.1 Å². The number of fused-ring (bicyclic) bond motifs is 4. The molecule has 0 aliphatic carbocycles. The Labute approximate surface area is 208 Å². The van der Waals surface area contributed by atoms with Crippen molar-refractivity contribution in [3.8, 4) is 0 Å². The fraction of sp³-hybridized carbons (Fsp3) is 0.414. The Kier molecular flexibility index (Phi) is 7.55. The number of piperidine rings is 3. The van der Waals surface area contributed by atoms with Crippen LogP contribution in [-0.2, 0) is 6.54 Å². The number of amides is 1. The summed E-state index contributed by atoms with van der Waals surface area (Å²) in [7, 11) is 0. The molecule has 0 spiro atoms. The van der Waals surface area contributed by atoms with Gasteiger partial charge in [0.1, 0.15) is 6.54 Å². The molecule has 0 N–H and O–H groups in total. The molecule has 0 aromatic heterocycles. The molecular weight excluding hydrogens is 472 g/mol. The number of carbonyl (C=O) groups is 1. The molecule has 0 radical (unpaired) electrons. The van der Waals surface area contributed by atoms with Gasteiger partial charge in [-0.25, -0.2) is 0 Å². The van der Waals surface area contributed by atoms with E-state index in [-0.39, 0.29) is 29.1 Å². The van der Waals surface area contributed by atoms with Crippen molar-refractivity contribution in [1.82, 2.24) is 4.90 Å². The van der Waals surface area contributed by atoms with Crippen LogP contribution in [0.15, 0.2) is 72.8 Å². The molecule has 3 aromatic carbocycles. The number of hydrogen-bond acceptors (Lipinski definition) is 1. The second-order valence-electron chi connectivity index (χ2n) is 9.85. The van der Waals surface area contributed by atoms with Gasteiger partial charge in [0, 0.05) is 24.1 Å². The highest BCUT2D eigenvalue weighted by Crippen LogP contribution is 2.42. The number of quaternary nitrogens is 1. The molecule has 3 aliphatic rings. The topological polar surface area (TPSA) is 20.3 Å². The summed E-state index contributed by atoms with van der Waals surface area (Å²) in [5.74, 6) is 0.985. The molecule has 4 heteroatoms. The molecule has 3 aliphatic heterocycles. The van der Waals surface area contributed by atoms with Crippen LogP contribution < -0.4 is 0 Å². The summed E-state index contributed by atoms with van der Waals surface area (Å²) in [6.07, 6.45) is 6.19. The maximum Gasteiger partial charge on any atom is 0.258 e. The van der Waals surface area contributed by atoms with Crippen LogP contribution in [0.1, 0.15) is 54.9 Å². The first-order valence-corrected chi connectivity index (χ1v) is 12.4. The van der Waals surface area contributed by atoms with Gasteiger partial charge in [0.05, 0.1) is 13.1 Å². The van der Waals surface area contributed by atoms with Crippen LogP contribution in [0.3, 0.4) is 0 Å². The van der Waals surface area contributed by atoms with Crippen LogP contribution in [0.4, 0.5) is 0 Å². The van der Waals surface area contributed by atoms with Gasteiger partial charge < -0.3 is 4.48 Å². The summed E-state index contributed by atoms with van der Waals surface area (Å²) >= 11 is 0. The number of hydrogen-bond donors (Lipinski definition) is 0. The lowest BCUT2D eigenvalue weighted by atomic mass is 9.82. The third-order valence-corrected chi connectivity index (χ3v) is 7.88. The maximum absolute atomic E-state index is 14.2.